The van der Waals surface area contributed by atoms with Crippen LogP contribution in [0.2, 0.25) is 0 Å². The van der Waals surface area contributed by atoms with Gasteiger partial charge in [0.05, 0.1) is 5.69 Å². The van der Waals surface area contributed by atoms with Crippen molar-refractivity contribution in [3.63, 3.8) is 0 Å². The molecule has 0 amide bonds. The van der Waals surface area contributed by atoms with Gasteiger partial charge in [-0.05, 0) is 30.2 Å². The maximum Gasteiger partial charge on any atom is 0.274 e. The third-order valence-corrected chi connectivity index (χ3v) is 5.11. The molecule has 1 aliphatic heterocycles. The number of hydrogen-bond donors (Lipinski definition) is 0. The molecule has 3 aromatic carbocycles. The molecular weight excluding hydrogens is 340 g/mol. The molecule has 27 heavy (non-hydrogen) atoms. The van der Waals surface area contributed by atoms with Gasteiger partial charge in [0.15, 0.2) is 11.6 Å². The van der Waals surface area contributed by atoms with Crippen LogP contribution in [0.25, 0.3) is 0 Å². The molecule has 5 heteroatoms. The minimum atomic E-state index is -1.08. The predicted molar refractivity (Wildman–Crippen MR) is 104 cm³/mol. The summed E-state index contributed by atoms with van der Waals surface area (Å²) in [5.41, 5.74) is 1.35. The van der Waals surface area contributed by atoms with Gasteiger partial charge in [-0.25, -0.2) is 5.06 Å². The number of para-hydroxylation sites is 1. The molecule has 2 atom stereocenters. The Morgan fingerprint density at radius 3 is 1.74 bits per heavy atom. The molecule has 4 rings (SSSR count). The molecule has 0 unspecified atom stereocenters. The van der Waals surface area contributed by atoms with E-state index >= 15 is 0 Å². The monoisotopic (exact) mass is 360 g/mol. The van der Waals surface area contributed by atoms with Crippen LogP contribution in [0.4, 0.5) is 5.69 Å². The highest BCUT2D eigenvalue weighted by molar-refractivity contribution is 5.57. The zero-order valence-corrected chi connectivity index (χ0v) is 14.9. The van der Waals surface area contributed by atoms with Crippen LogP contribution in [0, 0.1) is 10.1 Å². The third-order valence-electron chi connectivity index (χ3n) is 5.11. The Bertz CT molecular complexity index is 877. The lowest BCUT2D eigenvalue weighted by Crippen LogP contribution is -2.52. The number of hydrogen-bond acceptors (Lipinski definition) is 4. The lowest BCUT2D eigenvalue weighted by atomic mass is 9.75. The van der Waals surface area contributed by atoms with E-state index in [9.17, 15) is 10.1 Å². The number of nitrogens with zero attached hydrogens (tertiary/aromatic N) is 2. The van der Waals surface area contributed by atoms with Crippen molar-refractivity contribution < 1.29 is 9.76 Å². The first-order valence-corrected chi connectivity index (χ1v) is 8.92. The molecule has 3 aromatic rings. The number of rotatable bonds is 4. The van der Waals surface area contributed by atoms with E-state index in [1.807, 2.05) is 91.0 Å². The van der Waals surface area contributed by atoms with Crippen molar-refractivity contribution in [1.82, 2.24) is 0 Å². The molecule has 1 fully saturated rings. The van der Waals surface area contributed by atoms with Crippen LogP contribution >= 0.6 is 0 Å². The Balaban J connectivity index is 2.06. The van der Waals surface area contributed by atoms with Crippen molar-refractivity contribution in [2.75, 3.05) is 5.06 Å². The third kappa shape index (κ3) is 2.67. The summed E-state index contributed by atoms with van der Waals surface area (Å²) in [6.07, 6.45) is -0.597. The van der Waals surface area contributed by atoms with E-state index in [4.69, 9.17) is 4.84 Å². The largest absolute Gasteiger partial charge is 0.274 e. The zero-order valence-electron chi connectivity index (χ0n) is 14.9. The number of hydroxylamine groups is 1. The minimum absolute atomic E-state index is 0.215. The number of benzene rings is 3. The van der Waals surface area contributed by atoms with Gasteiger partial charge in [0.25, 0.3) is 6.04 Å². The molecule has 136 valence electrons. The topological polar surface area (TPSA) is 55.6 Å². The average molecular weight is 360 g/mol. The molecule has 1 aliphatic rings. The molecule has 5 nitrogen and oxygen atoms in total. The smallest absolute Gasteiger partial charge is 0.264 e. The Hall–Kier alpha value is -3.18. The lowest BCUT2D eigenvalue weighted by molar-refractivity contribution is -0.534. The molecule has 0 saturated carbocycles. The van der Waals surface area contributed by atoms with Crippen molar-refractivity contribution in [3.05, 3.63) is 112 Å². The Morgan fingerprint density at radius 1 is 0.852 bits per heavy atom. The quantitative estimate of drug-likeness (QED) is 0.511. The summed E-state index contributed by atoms with van der Waals surface area (Å²) in [5, 5.41) is 14.0. The van der Waals surface area contributed by atoms with E-state index in [0.29, 0.717) is 0 Å². The Morgan fingerprint density at radius 2 is 1.30 bits per heavy atom. The van der Waals surface area contributed by atoms with Gasteiger partial charge < -0.3 is 0 Å². The second-order valence-corrected chi connectivity index (χ2v) is 6.67. The van der Waals surface area contributed by atoms with E-state index in [-0.39, 0.29) is 4.92 Å². The van der Waals surface area contributed by atoms with E-state index in [1.54, 1.807) is 12.0 Å². The first-order chi connectivity index (χ1) is 13.2. The van der Waals surface area contributed by atoms with Crippen molar-refractivity contribution in [1.29, 1.82) is 0 Å². The lowest BCUT2D eigenvalue weighted by Gasteiger charge is -2.38. The van der Waals surface area contributed by atoms with Crippen molar-refractivity contribution in [3.8, 4) is 0 Å². The maximum atomic E-state index is 12.3. The predicted octanol–water partition coefficient (Wildman–Crippen LogP) is 4.42. The molecule has 0 bridgehead atoms. The summed E-state index contributed by atoms with van der Waals surface area (Å²) in [7, 11) is 0. The zero-order chi connectivity index (χ0) is 18.9. The van der Waals surface area contributed by atoms with Crippen LogP contribution < -0.4 is 5.06 Å². The fourth-order valence-electron chi connectivity index (χ4n) is 4.05. The summed E-state index contributed by atoms with van der Waals surface area (Å²) in [6, 6.07) is 27.8. The Kier molecular flexibility index (Phi) is 4.38. The van der Waals surface area contributed by atoms with Gasteiger partial charge in [0.1, 0.15) is 0 Å². The Labute approximate surface area is 157 Å². The maximum absolute atomic E-state index is 12.3. The SMILES string of the molecule is C[C@@H]1ON(c2ccccc2)C(c2ccccc2)(c2ccccc2)[C@H]1[N+](=O)[O-]. The van der Waals surface area contributed by atoms with Crippen molar-refractivity contribution in [2.24, 2.45) is 0 Å². The molecule has 0 aliphatic carbocycles. The normalized spacial score (nSPS) is 21.1. The van der Waals surface area contributed by atoms with E-state index in [1.165, 1.54) is 0 Å². The second-order valence-electron chi connectivity index (χ2n) is 6.67. The van der Waals surface area contributed by atoms with Gasteiger partial charge in [-0.1, -0.05) is 78.9 Å². The van der Waals surface area contributed by atoms with Crippen molar-refractivity contribution in [2.45, 2.75) is 24.6 Å². The standard InChI is InChI=1S/C22H20N2O3/c1-17-21(24(25)26)22(18-11-5-2-6-12-18,19-13-7-3-8-14-19)23(27-17)20-15-9-4-10-16-20/h2-17,21H,1H3/t17-,21-/m0/s1. The van der Waals surface area contributed by atoms with Gasteiger partial charge in [0.2, 0.25) is 0 Å². The first-order valence-electron chi connectivity index (χ1n) is 8.92. The summed E-state index contributed by atoms with van der Waals surface area (Å²) >= 11 is 0. The van der Waals surface area contributed by atoms with E-state index < -0.39 is 17.7 Å². The van der Waals surface area contributed by atoms with Gasteiger partial charge in [-0.15, -0.1) is 0 Å². The van der Waals surface area contributed by atoms with E-state index in [0.717, 1.165) is 16.8 Å². The highest BCUT2D eigenvalue weighted by Crippen LogP contribution is 2.49. The molecule has 0 spiro atoms. The average Bonchev–Trinajstić information content (AvgIpc) is 3.04. The van der Waals surface area contributed by atoms with Crippen LogP contribution in [0.5, 0.6) is 0 Å². The summed E-state index contributed by atoms with van der Waals surface area (Å²) in [4.78, 5) is 18.2. The number of anilines is 1. The van der Waals surface area contributed by atoms with Gasteiger partial charge in [0, 0.05) is 4.92 Å². The number of nitro groups is 1. The summed E-state index contributed by atoms with van der Waals surface area (Å²) in [6.45, 7) is 1.76. The first kappa shape index (κ1) is 17.2. The fourth-order valence-corrected chi connectivity index (χ4v) is 4.05. The summed E-state index contributed by atoms with van der Waals surface area (Å²) in [5.74, 6) is 0. The second kappa shape index (κ2) is 6.85. The molecule has 1 saturated heterocycles. The molecule has 0 radical (unpaired) electrons. The van der Waals surface area contributed by atoms with Gasteiger partial charge >= 0.3 is 0 Å². The highest BCUT2D eigenvalue weighted by atomic mass is 16.7. The van der Waals surface area contributed by atoms with Crippen LogP contribution in [0.1, 0.15) is 18.1 Å². The molecule has 0 aromatic heterocycles. The molecule has 1 heterocycles. The van der Waals surface area contributed by atoms with Crippen LogP contribution in [0.3, 0.4) is 0 Å². The summed E-state index contributed by atoms with van der Waals surface area (Å²) < 4.78 is 0. The van der Waals surface area contributed by atoms with Crippen LogP contribution in [0.15, 0.2) is 91.0 Å². The van der Waals surface area contributed by atoms with Crippen LogP contribution in [-0.4, -0.2) is 17.1 Å². The molecular formula is C22H20N2O3. The fraction of sp³-hybridized carbons (Fsp3) is 0.182. The van der Waals surface area contributed by atoms with Crippen LogP contribution in [-0.2, 0) is 10.4 Å². The van der Waals surface area contributed by atoms with Crippen molar-refractivity contribution >= 4 is 5.69 Å². The molecule has 0 N–H and O–H groups in total. The minimum Gasteiger partial charge on any atom is -0.264 e. The van der Waals surface area contributed by atoms with Gasteiger partial charge in [-0.2, -0.15) is 0 Å². The highest BCUT2D eigenvalue weighted by Gasteiger charge is 2.63. The van der Waals surface area contributed by atoms with E-state index in [2.05, 4.69) is 0 Å². The van der Waals surface area contributed by atoms with Gasteiger partial charge in [-0.3, -0.25) is 15.0 Å².